The van der Waals surface area contributed by atoms with E-state index < -0.39 is 0 Å². The van der Waals surface area contributed by atoms with E-state index in [4.69, 9.17) is 17.3 Å². The lowest BCUT2D eigenvalue weighted by atomic mass is 10.2. The van der Waals surface area contributed by atoms with Crippen LogP contribution >= 0.6 is 11.6 Å². The van der Waals surface area contributed by atoms with Gasteiger partial charge in [-0.25, -0.2) is 4.98 Å². The highest BCUT2D eigenvalue weighted by Gasteiger charge is 2.26. The van der Waals surface area contributed by atoms with Gasteiger partial charge >= 0.3 is 0 Å². The van der Waals surface area contributed by atoms with Crippen LogP contribution in [0.4, 0.5) is 11.5 Å². The zero-order chi connectivity index (χ0) is 11.7. The van der Waals surface area contributed by atoms with E-state index in [1.165, 1.54) is 0 Å². The molecule has 2 rings (SSSR count). The smallest absolute Gasteiger partial charge is 0.153 e. The molecule has 0 spiro atoms. The molecule has 1 aromatic heterocycles. The van der Waals surface area contributed by atoms with E-state index in [1.807, 2.05) is 6.07 Å². The maximum absolute atomic E-state index is 5.91. The Morgan fingerprint density at radius 2 is 2.25 bits per heavy atom. The summed E-state index contributed by atoms with van der Waals surface area (Å²) in [5.41, 5.74) is 6.61. The maximum Gasteiger partial charge on any atom is 0.153 e. The van der Waals surface area contributed by atoms with Crippen molar-refractivity contribution in [3.8, 4) is 0 Å². The highest BCUT2D eigenvalue weighted by Crippen LogP contribution is 2.27. The van der Waals surface area contributed by atoms with Crippen LogP contribution in [0.25, 0.3) is 0 Å². The van der Waals surface area contributed by atoms with Crippen molar-refractivity contribution in [3.05, 3.63) is 17.3 Å². The molecule has 16 heavy (non-hydrogen) atoms. The van der Waals surface area contributed by atoms with Gasteiger partial charge in [-0.1, -0.05) is 11.6 Å². The first-order valence-corrected chi connectivity index (χ1v) is 5.79. The number of nitrogen functional groups attached to an aromatic ring is 1. The Bertz CT molecular complexity index is 380. The molecule has 88 valence electrons. The summed E-state index contributed by atoms with van der Waals surface area (Å²) in [6, 6.07) is 4.10. The summed E-state index contributed by atoms with van der Waals surface area (Å²) in [4.78, 5) is 8.73. The summed E-state index contributed by atoms with van der Waals surface area (Å²) in [5.74, 6) is 0.817. The molecule has 2 heterocycles. The minimum Gasteiger partial charge on any atom is -0.396 e. The van der Waals surface area contributed by atoms with Gasteiger partial charge in [0.1, 0.15) is 5.15 Å². The lowest BCUT2D eigenvalue weighted by Gasteiger charge is -2.22. The van der Waals surface area contributed by atoms with Gasteiger partial charge in [-0.3, -0.25) is 0 Å². The lowest BCUT2D eigenvalue weighted by molar-refractivity contribution is 0.315. The van der Waals surface area contributed by atoms with Crippen LogP contribution in [-0.4, -0.2) is 43.1 Å². The van der Waals surface area contributed by atoms with Gasteiger partial charge in [0.2, 0.25) is 0 Å². The number of rotatable bonds is 2. The van der Waals surface area contributed by atoms with Crippen molar-refractivity contribution in [2.45, 2.75) is 12.5 Å². The first kappa shape index (κ1) is 11.5. The fourth-order valence-electron chi connectivity index (χ4n) is 2.05. The van der Waals surface area contributed by atoms with Gasteiger partial charge in [-0.15, -0.1) is 0 Å². The van der Waals surface area contributed by atoms with Crippen molar-refractivity contribution in [2.24, 2.45) is 0 Å². The molecule has 5 heteroatoms. The van der Waals surface area contributed by atoms with Crippen LogP contribution in [0, 0.1) is 0 Å². The highest BCUT2D eigenvalue weighted by atomic mass is 35.5. The number of hydrogen-bond acceptors (Lipinski definition) is 4. The highest BCUT2D eigenvalue weighted by molar-refractivity contribution is 6.29. The van der Waals surface area contributed by atoms with Crippen LogP contribution in [0.5, 0.6) is 0 Å². The third-order valence-electron chi connectivity index (χ3n) is 3.06. The second-order valence-corrected chi connectivity index (χ2v) is 4.79. The Balaban J connectivity index is 2.17. The van der Waals surface area contributed by atoms with Crippen LogP contribution in [0.15, 0.2) is 12.1 Å². The third-order valence-corrected chi connectivity index (χ3v) is 3.28. The summed E-state index contributed by atoms with van der Waals surface area (Å²) in [6.07, 6.45) is 1.14. The molecule has 1 atom stereocenters. The average Bonchev–Trinajstić information content (AvgIpc) is 2.70. The van der Waals surface area contributed by atoms with E-state index in [0.29, 0.717) is 16.9 Å². The van der Waals surface area contributed by atoms with Gasteiger partial charge < -0.3 is 15.5 Å². The number of halogens is 1. The fourth-order valence-corrected chi connectivity index (χ4v) is 2.19. The fraction of sp³-hybridized carbons (Fsp3) is 0.545. The predicted octanol–water partition coefficient (Wildman–Crippen LogP) is 1.46. The second kappa shape index (κ2) is 4.47. The van der Waals surface area contributed by atoms with Gasteiger partial charge in [0.25, 0.3) is 0 Å². The molecule has 4 nitrogen and oxygen atoms in total. The molecule has 0 radical (unpaired) electrons. The standard InChI is InChI=1S/C11H17ClN4/c1-15(2)8-5-6-16(7-8)11-9(13)3-4-10(12)14-11/h3-4,8H,5-7,13H2,1-2H3. The van der Waals surface area contributed by atoms with E-state index in [0.717, 1.165) is 25.3 Å². The number of anilines is 2. The Morgan fingerprint density at radius 3 is 2.88 bits per heavy atom. The molecular formula is C11H17ClN4. The van der Waals surface area contributed by atoms with Crippen molar-refractivity contribution in [1.82, 2.24) is 9.88 Å². The molecule has 1 unspecified atom stereocenters. The number of pyridine rings is 1. The minimum atomic E-state index is 0.498. The zero-order valence-corrected chi connectivity index (χ0v) is 10.4. The van der Waals surface area contributed by atoms with Crippen LogP contribution < -0.4 is 10.6 Å². The van der Waals surface area contributed by atoms with Crippen molar-refractivity contribution in [1.29, 1.82) is 0 Å². The molecule has 1 aromatic rings. The summed E-state index contributed by atoms with van der Waals surface area (Å²) < 4.78 is 0. The average molecular weight is 241 g/mol. The van der Waals surface area contributed by atoms with Gasteiger partial charge in [0, 0.05) is 19.1 Å². The summed E-state index contributed by atoms with van der Waals surface area (Å²) in [7, 11) is 4.20. The van der Waals surface area contributed by atoms with Gasteiger partial charge in [-0.05, 0) is 32.6 Å². The third kappa shape index (κ3) is 2.23. The van der Waals surface area contributed by atoms with Crippen LogP contribution in [0.2, 0.25) is 5.15 Å². The number of aromatic nitrogens is 1. The molecule has 0 aliphatic carbocycles. The Kier molecular flexibility index (Phi) is 3.21. The largest absolute Gasteiger partial charge is 0.396 e. The molecule has 1 aliphatic heterocycles. The predicted molar refractivity (Wildman–Crippen MR) is 68.0 cm³/mol. The quantitative estimate of drug-likeness (QED) is 0.795. The monoisotopic (exact) mass is 240 g/mol. The van der Waals surface area contributed by atoms with Crippen molar-refractivity contribution in [2.75, 3.05) is 37.8 Å². The summed E-state index contributed by atoms with van der Waals surface area (Å²) >= 11 is 5.89. The normalized spacial score (nSPS) is 20.8. The molecule has 0 bridgehead atoms. The van der Waals surface area contributed by atoms with Crippen molar-refractivity contribution in [3.63, 3.8) is 0 Å². The SMILES string of the molecule is CN(C)C1CCN(c2nc(Cl)ccc2N)C1. The first-order valence-electron chi connectivity index (χ1n) is 5.41. The van der Waals surface area contributed by atoms with Crippen LogP contribution in [0.3, 0.4) is 0 Å². The Morgan fingerprint density at radius 1 is 1.50 bits per heavy atom. The number of hydrogen-bond donors (Lipinski definition) is 1. The van der Waals surface area contributed by atoms with E-state index in [9.17, 15) is 0 Å². The van der Waals surface area contributed by atoms with E-state index in [-0.39, 0.29) is 0 Å². The number of nitrogens with two attached hydrogens (primary N) is 1. The summed E-state index contributed by atoms with van der Waals surface area (Å²) in [6.45, 7) is 1.95. The Hall–Kier alpha value is -1.00. The Labute approximate surface area is 101 Å². The van der Waals surface area contributed by atoms with E-state index in [1.54, 1.807) is 6.07 Å². The van der Waals surface area contributed by atoms with Gasteiger partial charge in [-0.2, -0.15) is 0 Å². The van der Waals surface area contributed by atoms with E-state index in [2.05, 4.69) is 28.9 Å². The van der Waals surface area contributed by atoms with E-state index >= 15 is 0 Å². The van der Waals surface area contributed by atoms with Crippen LogP contribution in [-0.2, 0) is 0 Å². The molecule has 1 aliphatic rings. The topological polar surface area (TPSA) is 45.4 Å². The minimum absolute atomic E-state index is 0.498. The second-order valence-electron chi connectivity index (χ2n) is 4.40. The van der Waals surface area contributed by atoms with Crippen molar-refractivity contribution >= 4 is 23.1 Å². The molecule has 1 saturated heterocycles. The van der Waals surface area contributed by atoms with Gasteiger partial charge in [0.15, 0.2) is 5.82 Å². The molecular weight excluding hydrogens is 224 g/mol. The van der Waals surface area contributed by atoms with Crippen LogP contribution in [0.1, 0.15) is 6.42 Å². The molecule has 0 amide bonds. The molecule has 2 N–H and O–H groups in total. The maximum atomic E-state index is 5.91. The molecule has 1 fully saturated rings. The lowest BCUT2D eigenvalue weighted by Crippen LogP contribution is -2.32. The number of nitrogens with zero attached hydrogens (tertiary/aromatic N) is 3. The van der Waals surface area contributed by atoms with Gasteiger partial charge in [0.05, 0.1) is 5.69 Å². The van der Waals surface area contributed by atoms with Crippen molar-refractivity contribution < 1.29 is 0 Å². The summed E-state index contributed by atoms with van der Waals surface area (Å²) in [5, 5.41) is 0.498. The molecule has 0 aromatic carbocycles. The first-order chi connectivity index (χ1) is 7.58. The molecule has 0 saturated carbocycles. The zero-order valence-electron chi connectivity index (χ0n) is 9.65. The number of likely N-dealkylation sites (N-methyl/N-ethyl adjacent to an activating group) is 1.